The van der Waals surface area contributed by atoms with Gasteiger partial charge in [0.1, 0.15) is 12.0 Å². The standard InChI is InChI=1S/C19H24N2O2/c1-13-7-6-8-15-14(13)9-10-16(20-15)17(23)21-19(4,5)11-18(2,3)12-22/h6-10,12H,11H2,1-5H3,(H,21,23). The lowest BCUT2D eigenvalue weighted by molar-refractivity contribution is -0.115. The highest BCUT2D eigenvalue weighted by molar-refractivity contribution is 5.95. The Hall–Kier alpha value is -2.23. The van der Waals surface area contributed by atoms with Gasteiger partial charge in [0.15, 0.2) is 0 Å². The number of aromatic nitrogens is 1. The molecule has 0 saturated heterocycles. The number of benzene rings is 1. The van der Waals surface area contributed by atoms with Gasteiger partial charge in [0, 0.05) is 16.3 Å². The molecule has 4 heteroatoms. The molecule has 0 radical (unpaired) electrons. The van der Waals surface area contributed by atoms with E-state index in [2.05, 4.69) is 10.3 Å². The Labute approximate surface area is 137 Å². The maximum absolute atomic E-state index is 12.5. The zero-order valence-corrected chi connectivity index (χ0v) is 14.4. The largest absolute Gasteiger partial charge is 0.346 e. The smallest absolute Gasteiger partial charge is 0.270 e. The number of carbonyl (C=O) groups is 2. The first-order chi connectivity index (χ1) is 10.6. The summed E-state index contributed by atoms with van der Waals surface area (Å²) in [5.74, 6) is -0.222. The molecule has 0 aliphatic carbocycles. The Balaban J connectivity index is 2.22. The number of aryl methyl sites for hydroxylation is 1. The summed E-state index contributed by atoms with van der Waals surface area (Å²) in [6.07, 6.45) is 1.49. The van der Waals surface area contributed by atoms with E-state index in [0.717, 1.165) is 22.8 Å². The van der Waals surface area contributed by atoms with Crippen molar-refractivity contribution in [2.45, 2.75) is 46.6 Å². The molecule has 0 unspecified atom stereocenters. The van der Waals surface area contributed by atoms with Gasteiger partial charge in [-0.05, 0) is 44.9 Å². The van der Waals surface area contributed by atoms with E-state index in [1.165, 1.54) is 0 Å². The van der Waals surface area contributed by atoms with Crippen LogP contribution in [-0.2, 0) is 4.79 Å². The summed E-state index contributed by atoms with van der Waals surface area (Å²) in [6.45, 7) is 9.59. The van der Waals surface area contributed by atoms with Gasteiger partial charge in [-0.1, -0.05) is 32.0 Å². The van der Waals surface area contributed by atoms with Crippen LogP contribution in [0.3, 0.4) is 0 Å². The summed E-state index contributed by atoms with van der Waals surface area (Å²) in [7, 11) is 0. The van der Waals surface area contributed by atoms with Gasteiger partial charge in [0.05, 0.1) is 5.52 Å². The van der Waals surface area contributed by atoms with Crippen LogP contribution >= 0.6 is 0 Å². The second kappa shape index (κ2) is 6.11. The van der Waals surface area contributed by atoms with Crippen LogP contribution in [0.4, 0.5) is 0 Å². The Morgan fingerprint density at radius 2 is 1.87 bits per heavy atom. The fraction of sp³-hybridized carbons (Fsp3) is 0.421. The number of carbonyl (C=O) groups excluding carboxylic acids is 2. The molecule has 0 bridgehead atoms. The van der Waals surface area contributed by atoms with Crippen LogP contribution < -0.4 is 5.32 Å². The minimum atomic E-state index is -0.495. The summed E-state index contributed by atoms with van der Waals surface area (Å²) in [4.78, 5) is 28.1. The minimum Gasteiger partial charge on any atom is -0.346 e. The van der Waals surface area contributed by atoms with E-state index in [0.29, 0.717) is 12.1 Å². The van der Waals surface area contributed by atoms with Crippen molar-refractivity contribution in [3.05, 3.63) is 41.6 Å². The molecule has 0 aliphatic rings. The van der Waals surface area contributed by atoms with Gasteiger partial charge < -0.3 is 10.1 Å². The number of nitrogens with one attached hydrogen (secondary N) is 1. The SMILES string of the molecule is Cc1cccc2nc(C(=O)NC(C)(C)CC(C)(C)C=O)ccc12. The maximum Gasteiger partial charge on any atom is 0.270 e. The molecule has 0 saturated carbocycles. The minimum absolute atomic E-state index is 0.222. The number of amides is 1. The molecule has 0 atom stereocenters. The van der Waals surface area contributed by atoms with Gasteiger partial charge >= 0.3 is 0 Å². The van der Waals surface area contributed by atoms with Crippen LogP contribution in [0.15, 0.2) is 30.3 Å². The lowest BCUT2D eigenvalue weighted by atomic mass is 9.81. The molecule has 2 aromatic rings. The highest BCUT2D eigenvalue weighted by atomic mass is 16.2. The molecule has 1 heterocycles. The van der Waals surface area contributed by atoms with Gasteiger partial charge in [0.2, 0.25) is 0 Å². The molecular formula is C19H24N2O2. The lowest BCUT2D eigenvalue weighted by Gasteiger charge is -2.32. The van der Waals surface area contributed by atoms with Gasteiger partial charge in [0.25, 0.3) is 5.91 Å². The van der Waals surface area contributed by atoms with E-state index in [1.54, 1.807) is 6.07 Å². The fourth-order valence-electron chi connectivity index (χ4n) is 3.03. The molecule has 4 nitrogen and oxygen atoms in total. The average molecular weight is 312 g/mol. The predicted octanol–water partition coefficient (Wildman–Crippen LogP) is 3.67. The average Bonchev–Trinajstić information content (AvgIpc) is 2.45. The number of fused-ring (bicyclic) bond motifs is 1. The number of hydrogen-bond donors (Lipinski definition) is 1. The van der Waals surface area contributed by atoms with Crippen molar-refractivity contribution in [2.24, 2.45) is 5.41 Å². The Kier molecular flexibility index (Phi) is 4.55. The van der Waals surface area contributed by atoms with Gasteiger partial charge in [-0.15, -0.1) is 0 Å². The third-order valence-corrected chi connectivity index (χ3v) is 3.85. The molecule has 122 valence electrons. The molecule has 0 spiro atoms. The molecule has 23 heavy (non-hydrogen) atoms. The molecule has 1 N–H and O–H groups in total. The third kappa shape index (κ3) is 4.15. The Morgan fingerprint density at radius 3 is 2.52 bits per heavy atom. The highest BCUT2D eigenvalue weighted by Gasteiger charge is 2.30. The third-order valence-electron chi connectivity index (χ3n) is 3.85. The normalized spacial score (nSPS) is 12.2. The van der Waals surface area contributed by atoms with Crippen LogP contribution in [0, 0.1) is 12.3 Å². The number of pyridine rings is 1. The molecule has 1 aromatic carbocycles. The summed E-state index contributed by atoms with van der Waals surface area (Å²) < 4.78 is 0. The predicted molar refractivity (Wildman–Crippen MR) is 92.5 cm³/mol. The van der Waals surface area contributed by atoms with Crippen LogP contribution in [0.2, 0.25) is 0 Å². The highest BCUT2D eigenvalue weighted by Crippen LogP contribution is 2.26. The molecule has 0 aliphatic heterocycles. The summed E-state index contributed by atoms with van der Waals surface area (Å²) in [5.41, 5.74) is 1.36. The first kappa shape index (κ1) is 17.1. The van der Waals surface area contributed by atoms with Gasteiger partial charge in [-0.2, -0.15) is 0 Å². The van der Waals surface area contributed by atoms with E-state index >= 15 is 0 Å². The van der Waals surface area contributed by atoms with Crippen molar-refractivity contribution in [1.82, 2.24) is 10.3 Å². The monoisotopic (exact) mass is 312 g/mol. The van der Waals surface area contributed by atoms with E-state index < -0.39 is 11.0 Å². The molecule has 1 aromatic heterocycles. The van der Waals surface area contributed by atoms with Crippen molar-refractivity contribution in [3.63, 3.8) is 0 Å². The molecule has 1 amide bonds. The number of hydrogen-bond acceptors (Lipinski definition) is 3. The van der Waals surface area contributed by atoms with Crippen molar-refractivity contribution in [3.8, 4) is 0 Å². The second-order valence-corrected chi connectivity index (χ2v) is 7.46. The number of aldehydes is 1. The zero-order chi connectivity index (χ0) is 17.3. The van der Waals surface area contributed by atoms with E-state index in [-0.39, 0.29) is 5.91 Å². The molecule has 0 fully saturated rings. The fourth-order valence-corrected chi connectivity index (χ4v) is 3.03. The molecule has 2 rings (SSSR count). The number of rotatable bonds is 5. The first-order valence-electron chi connectivity index (χ1n) is 7.79. The van der Waals surface area contributed by atoms with Crippen LogP contribution in [0.5, 0.6) is 0 Å². The van der Waals surface area contributed by atoms with Crippen molar-refractivity contribution in [2.75, 3.05) is 0 Å². The van der Waals surface area contributed by atoms with Gasteiger partial charge in [-0.25, -0.2) is 4.98 Å². The first-order valence-corrected chi connectivity index (χ1v) is 7.79. The second-order valence-electron chi connectivity index (χ2n) is 7.46. The lowest BCUT2D eigenvalue weighted by Crippen LogP contribution is -2.46. The maximum atomic E-state index is 12.5. The van der Waals surface area contributed by atoms with Crippen molar-refractivity contribution in [1.29, 1.82) is 0 Å². The van der Waals surface area contributed by atoms with Crippen LogP contribution in [0.25, 0.3) is 10.9 Å². The Bertz CT molecular complexity index is 748. The van der Waals surface area contributed by atoms with E-state index in [1.807, 2.05) is 58.9 Å². The van der Waals surface area contributed by atoms with Crippen molar-refractivity contribution < 1.29 is 9.59 Å². The quantitative estimate of drug-likeness (QED) is 0.857. The van der Waals surface area contributed by atoms with E-state index in [4.69, 9.17) is 0 Å². The number of nitrogens with zero attached hydrogens (tertiary/aromatic N) is 1. The van der Waals surface area contributed by atoms with E-state index in [9.17, 15) is 9.59 Å². The van der Waals surface area contributed by atoms with Crippen LogP contribution in [0.1, 0.15) is 50.2 Å². The van der Waals surface area contributed by atoms with Gasteiger partial charge in [-0.3, -0.25) is 4.79 Å². The molecular weight excluding hydrogens is 288 g/mol. The van der Waals surface area contributed by atoms with Crippen LogP contribution in [-0.4, -0.2) is 22.7 Å². The summed E-state index contributed by atoms with van der Waals surface area (Å²) in [6, 6.07) is 9.53. The van der Waals surface area contributed by atoms with Crippen molar-refractivity contribution >= 4 is 23.1 Å². The Morgan fingerprint density at radius 1 is 1.17 bits per heavy atom. The summed E-state index contributed by atoms with van der Waals surface area (Å²) in [5, 5.41) is 4.03. The summed E-state index contributed by atoms with van der Waals surface area (Å²) >= 11 is 0. The topological polar surface area (TPSA) is 59.1 Å². The zero-order valence-electron chi connectivity index (χ0n) is 14.4.